The molecule has 1 atom stereocenters. The Hall–Kier alpha value is -2.21. The van der Waals surface area contributed by atoms with Crippen LogP contribution in [0.1, 0.15) is 37.2 Å². The number of hydrogen-bond acceptors (Lipinski definition) is 4. The maximum Gasteiger partial charge on any atom is 0.231 e. The number of primary amides is 1. The van der Waals surface area contributed by atoms with Gasteiger partial charge in [-0.3, -0.25) is 14.3 Å². The number of likely N-dealkylation sites (tertiary alicyclic amines) is 1. The van der Waals surface area contributed by atoms with E-state index in [1.54, 1.807) is 0 Å². The van der Waals surface area contributed by atoms with Crippen LogP contribution in [0.2, 0.25) is 0 Å². The Morgan fingerprint density at radius 3 is 3.09 bits per heavy atom. The Morgan fingerprint density at radius 1 is 1.43 bits per heavy atom. The maximum absolute atomic E-state index is 11.1. The van der Waals surface area contributed by atoms with Crippen LogP contribution < -0.4 is 5.73 Å². The van der Waals surface area contributed by atoms with E-state index in [-0.39, 0.29) is 5.91 Å². The molecule has 0 saturated carbocycles. The van der Waals surface area contributed by atoms with Gasteiger partial charge in [0, 0.05) is 37.0 Å². The summed E-state index contributed by atoms with van der Waals surface area (Å²) in [6.45, 7) is 4.19. The molecule has 23 heavy (non-hydrogen) atoms. The van der Waals surface area contributed by atoms with E-state index in [4.69, 9.17) is 10.7 Å². The first-order chi connectivity index (χ1) is 11.2. The van der Waals surface area contributed by atoms with Gasteiger partial charge >= 0.3 is 0 Å². The summed E-state index contributed by atoms with van der Waals surface area (Å²) < 4.78 is 2.04. The third-order valence-electron chi connectivity index (χ3n) is 4.34. The van der Waals surface area contributed by atoms with Gasteiger partial charge in [-0.05, 0) is 31.5 Å². The molecule has 122 valence electrons. The van der Waals surface area contributed by atoms with Gasteiger partial charge in [0.1, 0.15) is 11.6 Å². The van der Waals surface area contributed by atoms with Crippen LogP contribution in [0.5, 0.6) is 0 Å². The largest absolute Gasteiger partial charge is 0.369 e. The minimum atomic E-state index is -0.265. The van der Waals surface area contributed by atoms with Crippen LogP contribution in [0.25, 0.3) is 5.82 Å². The number of hydrogen-bond donors (Lipinski definition) is 1. The fourth-order valence-corrected chi connectivity index (χ4v) is 3.27. The standard InChI is InChI=1S/C17H23N5O/c1-2-16-19-8-10-22(16)17-7-3-6-14(20-17)13-5-4-9-21(11-13)12-15(18)23/h3,6-8,10,13H,2,4-5,9,11-12H2,1H3,(H2,18,23)/t13-/m0/s1. The molecule has 1 aliphatic rings. The lowest BCUT2D eigenvalue weighted by Crippen LogP contribution is -2.40. The summed E-state index contributed by atoms with van der Waals surface area (Å²) in [6.07, 6.45) is 6.79. The number of pyridine rings is 1. The number of aryl methyl sites for hydroxylation is 1. The molecule has 3 rings (SSSR count). The highest BCUT2D eigenvalue weighted by Gasteiger charge is 2.23. The van der Waals surface area contributed by atoms with Gasteiger partial charge in [0.15, 0.2) is 0 Å². The molecule has 0 aromatic carbocycles. The van der Waals surface area contributed by atoms with Crippen LogP contribution in [0.4, 0.5) is 0 Å². The lowest BCUT2D eigenvalue weighted by Gasteiger charge is -2.31. The summed E-state index contributed by atoms with van der Waals surface area (Å²) in [5.41, 5.74) is 6.40. The predicted octanol–water partition coefficient (Wildman–Crippen LogP) is 1.49. The van der Waals surface area contributed by atoms with Crippen molar-refractivity contribution in [2.45, 2.75) is 32.1 Å². The van der Waals surface area contributed by atoms with E-state index in [2.05, 4.69) is 22.9 Å². The topological polar surface area (TPSA) is 77.0 Å². The number of nitrogens with zero attached hydrogens (tertiary/aromatic N) is 4. The molecule has 0 spiro atoms. The highest BCUT2D eigenvalue weighted by Crippen LogP contribution is 2.26. The molecule has 1 amide bonds. The van der Waals surface area contributed by atoms with Crippen LogP contribution in [0, 0.1) is 0 Å². The SMILES string of the molecule is CCc1nccn1-c1cccc([C@H]2CCCN(CC(N)=O)C2)n1. The third-order valence-corrected chi connectivity index (χ3v) is 4.34. The highest BCUT2D eigenvalue weighted by molar-refractivity contribution is 5.75. The summed E-state index contributed by atoms with van der Waals surface area (Å²) in [7, 11) is 0. The fraction of sp³-hybridized carbons (Fsp3) is 0.471. The van der Waals surface area contributed by atoms with E-state index in [0.717, 1.165) is 49.7 Å². The molecule has 6 heteroatoms. The zero-order valence-corrected chi connectivity index (χ0v) is 13.5. The lowest BCUT2D eigenvalue weighted by atomic mass is 9.94. The van der Waals surface area contributed by atoms with E-state index in [0.29, 0.717) is 12.5 Å². The Kier molecular flexibility index (Phi) is 4.71. The lowest BCUT2D eigenvalue weighted by molar-refractivity contribution is -0.119. The smallest absolute Gasteiger partial charge is 0.231 e. The zero-order chi connectivity index (χ0) is 16.2. The van der Waals surface area contributed by atoms with Crippen molar-refractivity contribution < 1.29 is 4.79 Å². The van der Waals surface area contributed by atoms with Crippen molar-refractivity contribution in [3.63, 3.8) is 0 Å². The summed E-state index contributed by atoms with van der Waals surface area (Å²) in [6, 6.07) is 6.13. The Morgan fingerprint density at radius 2 is 2.30 bits per heavy atom. The molecule has 2 N–H and O–H groups in total. The molecule has 1 fully saturated rings. The number of rotatable bonds is 5. The van der Waals surface area contributed by atoms with Crippen molar-refractivity contribution in [3.05, 3.63) is 42.1 Å². The molecule has 0 aliphatic carbocycles. The predicted molar refractivity (Wildman–Crippen MR) is 88.3 cm³/mol. The molecule has 1 saturated heterocycles. The van der Waals surface area contributed by atoms with Crippen molar-refractivity contribution in [2.24, 2.45) is 5.73 Å². The average molecular weight is 313 g/mol. The van der Waals surface area contributed by atoms with E-state index in [9.17, 15) is 4.79 Å². The number of amides is 1. The normalized spacial score (nSPS) is 18.9. The second kappa shape index (κ2) is 6.91. The van der Waals surface area contributed by atoms with Gasteiger partial charge in [0.2, 0.25) is 5.91 Å². The van der Waals surface area contributed by atoms with Crippen LogP contribution in [0.3, 0.4) is 0 Å². The molecular formula is C17H23N5O. The van der Waals surface area contributed by atoms with E-state index >= 15 is 0 Å². The summed E-state index contributed by atoms with van der Waals surface area (Å²) >= 11 is 0. The van der Waals surface area contributed by atoms with Crippen molar-refractivity contribution in [1.82, 2.24) is 19.4 Å². The summed E-state index contributed by atoms with van der Waals surface area (Å²) in [5.74, 6) is 1.99. The molecule has 0 bridgehead atoms. The summed E-state index contributed by atoms with van der Waals surface area (Å²) in [4.78, 5) is 22.5. The van der Waals surface area contributed by atoms with Crippen LogP contribution in [-0.2, 0) is 11.2 Å². The second-order valence-corrected chi connectivity index (χ2v) is 6.03. The first kappa shape index (κ1) is 15.7. The van der Waals surface area contributed by atoms with Crippen molar-refractivity contribution in [3.8, 4) is 5.82 Å². The molecule has 3 heterocycles. The second-order valence-electron chi connectivity index (χ2n) is 6.03. The minimum Gasteiger partial charge on any atom is -0.369 e. The number of nitrogens with two attached hydrogens (primary N) is 1. The first-order valence-electron chi connectivity index (χ1n) is 8.17. The molecule has 0 unspecified atom stereocenters. The zero-order valence-electron chi connectivity index (χ0n) is 13.5. The minimum absolute atomic E-state index is 0.265. The molecule has 2 aromatic rings. The number of aromatic nitrogens is 3. The van der Waals surface area contributed by atoms with Gasteiger partial charge in [-0.25, -0.2) is 9.97 Å². The number of carbonyl (C=O) groups is 1. The monoisotopic (exact) mass is 313 g/mol. The molecule has 2 aromatic heterocycles. The van der Waals surface area contributed by atoms with Crippen LogP contribution in [0.15, 0.2) is 30.6 Å². The van der Waals surface area contributed by atoms with Gasteiger partial charge in [0.05, 0.1) is 6.54 Å². The van der Waals surface area contributed by atoms with E-state index in [1.807, 2.05) is 29.1 Å². The van der Waals surface area contributed by atoms with Crippen LogP contribution in [-0.4, -0.2) is 45.0 Å². The molecular weight excluding hydrogens is 290 g/mol. The van der Waals surface area contributed by atoms with E-state index < -0.39 is 0 Å². The van der Waals surface area contributed by atoms with Gasteiger partial charge in [-0.15, -0.1) is 0 Å². The molecule has 1 aliphatic heterocycles. The highest BCUT2D eigenvalue weighted by atomic mass is 16.1. The quantitative estimate of drug-likeness (QED) is 0.907. The summed E-state index contributed by atoms with van der Waals surface area (Å²) in [5, 5.41) is 0. The van der Waals surface area contributed by atoms with Gasteiger partial charge in [-0.1, -0.05) is 13.0 Å². The Balaban J connectivity index is 1.81. The Bertz CT molecular complexity index is 681. The first-order valence-corrected chi connectivity index (χ1v) is 8.17. The number of imidazole rings is 1. The van der Waals surface area contributed by atoms with Crippen molar-refractivity contribution in [1.29, 1.82) is 0 Å². The number of piperidine rings is 1. The average Bonchev–Trinajstić information content (AvgIpc) is 3.03. The molecule has 0 radical (unpaired) electrons. The maximum atomic E-state index is 11.1. The van der Waals surface area contributed by atoms with E-state index in [1.165, 1.54) is 0 Å². The molecule has 6 nitrogen and oxygen atoms in total. The van der Waals surface area contributed by atoms with Crippen molar-refractivity contribution in [2.75, 3.05) is 19.6 Å². The van der Waals surface area contributed by atoms with Crippen LogP contribution >= 0.6 is 0 Å². The van der Waals surface area contributed by atoms with Gasteiger partial charge < -0.3 is 5.73 Å². The van der Waals surface area contributed by atoms with Gasteiger partial charge in [-0.2, -0.15) is 0 Å². The van der Waals surface area contributed by atoms with Crippen molar-refractivity contribution >= 4 is 5.91 Å². The van der Waals surface area contributed by atoms with Gasteiger partial charge in [0.25, 0.3) is 0 Å². The Labute approximate surface area is 136 Å². The fourth-order valence-electron chi connectivity index (χ4n) is 3.27. The number of carbonyl (C=O) groups excluding carboxylic acids is 1. The third kappa shape index (κ3) is 3.59.